The summed E-state index contributed by atoms with van der Waals surface area (Å²) < 4.78 is 5.33. The molecule has 0 saturated heterocycles. The van der Waals surface area contributed by atoms with Crippen LogP contribution in [0.5, 0.6) is 5.75 Å². The van der Waals surface area contributed by atoms with Crippen LogP contribution in [0.1, 0.15) is 6.92 Å². The summed E-state index contributed by atoms with van der Waals surface area (Å²) in [7, 11) is 0. The first-order valence-corrected chi connectivity index (χ1v) is 5.64. The van der Waals surface area contributed by atoms with E-state index in [1.807, 2.05) is 6.92 Å². The average Bonchev–Trinajstić information content (AvgIpc) is 2.35. The number of nitrogens with zero attached hydrogens (tertiary/aromatic N) is 1. The van der Waals surface area contributed by atoms with Gasteiger partial charge in [-0.2, -0.15) is 0 Å². The number of hydrogen-bond donors (Lipinski definition) is 0. The number of ether oxygens (including phenoxy) is 1. The van der Waals surface area contributed by atoms with Gasteiger partial charge in [-0.1, -0.05) is 17.5 Å². The topological polar surface area (TPSA) is 29.5 Å². The van der Waals surface area contributed by atoms with Gasteiger partial charge in [0.15, 0.2) is 6.61 Å². The van der Waals surface area contributed by atoms with Crippen LogP contribution in [0.2, 0.25) is 5.02 Å². The Morgan fingerprint density at radius 1 is 1.47 bits per heavy atom. The van der Waals surface area contributed by atoms with Crippen LogP contribution in [0.15, 0.2) is 24.3 Å². The Hall–Kier alpha value is -1.66. The summed E-state index contributed by atoms with van der Waals surface area (Å²) in [6, 6.07) is 6.85. The molecule has 1 amide bonds. The van der Waals surface area contributed by atoms with Gasteiger partial charge in [-0.3, -0.25) is 4.79 Å². The maximum absolute atomic E-state index is 11.7. The van der Waals surface area contributed by atoms with Crippen molar-refractivity contribution in [2.75, 3.05) is 19.7 Å². The van der Waals surface area contributed by atoms with E-state index in [0.29, 0.717) is 23.9 Å². The molecule has 4 heteroatoms. The van der Waals surface area contributed by atoms with Gasteiger partial charge in [-0.05, 0) is 31.2 Å². The van der Waals surface area contributed by atoms with Crippen LogP contribution < -0.4 is 4.74 Å². The van der Waals surface area contributed by atoms with Crippen molar-refractivity contribution in [3.05, 3.63) is 29.3 Å². The molecular formula is C13H14ClNO2. The molecule has 17 heavy (non-hydrogen) atoms. The fourth-order valence-electron chi connectivity index (χ4n) is 1.25. The van der Waals surface area contributed by atoms with Gasteiger partial charge < -0.3 is 9.64 Å². The van der Waals surface area contributed by atoms with Crippen LogP contribution >= 0.6 is 11.6 Å². The highest BCUT2D eigenvalue weighted by Gasteiger charge is 2.10. The van der Waals surface area contributed by atoms with E-state index in [0.717, 1.165) is 0 Å². The predicted molar refractivity (Wildman–Crippen MR) is 68.0 cm³/mol. The van der Waals surface area contributed by atoms with Crippen molar-refractivity contribution < 1.29 is 9.53 Å². The van der Waals surface area contributed by atoms with Gasteiger partial charge in [-0.15, -0.1) is 6.42 Å². The highest BCUT2D eigenvalue weighted by molar-refractivity contribution is 6.30. The zero-order valence-corrected chi connectivity index (χ0v) is 10.4. The van der Waals surface area contributed by atoms with E-state index in [4.69, 9.17) is 22.8 Å². The number of benzene rings is 1. The second kappa shape index (κ2) is 6.82. The van der Waals surface area contributed by atoms with Crippen molar-refractivity contribution >= 4 is 17.5 Å². The van der Waals surface area contributed by atoms with E-state index in [-0.39, 0.29) is 12.5 Å². The third-order valence-electron chi connectivity index (χ3n) is 2.19. The minimum Gasteiger partial charge on any atom is -0.484 e. The van der Waals surface area contributed by atoms with Gasteiger partial charge in [0.05, 0.1) is 6.54 Å². The maximum atomic E-state index is 11.7. The van der Waals surface area contributed by atoms with Crippen molar-refractivity contribution in [2.45, 2.75) is 6.92 Å². The average molecular weight is 252 g/mol. The minimum absolute atomic E-state index is 0.0167. The molecule has 0 saturated carbocycles. The Labute approximate surface area is 106 Å². The minimum atomic E-state index is -0.125. The molecule has 90 valence electrons. The van der Waals surface area contributed by atoms with Gasteiger partial charge in [0.25, 0.3) is 5.91 Å². The quantitative estimate of drug-likeness (QED) is 0.751. The van der Waals surface area contributed by atoms with Gasteiger partial charge in [0.2, 0.25) is 0 Å². The Morgan fingerprint density at radius 2 is 2.12 bits per heavy atom. The zero-order valence-electron chi connectivity index (χ0n) is 9.65. The van der Waals surface area contributed by atoms with Crippen LogP contribution in [-0.2, 0) is 4.79 Å². The third-order valence-corrected chi connectivity index (χ3v) is 2.44. The number of terminal acetylenes is 1. The molecule has 0 N–H and O–H groups in total. The summed E-state index contributed by atoms with van der Waals surface area (Å²) >= 11 is 5.74. The van der Waals surface area contributed by atoms with Crippen molar-refractivity contribution in [3.63, 3.8) is 0 Å². The van der Waals surface area contributed by atoms with Crippen molar-refractivity contribution in [1.29, 1.82) is 0 Å². The van der Waals surface area contributed by atoms with Gasteiger partial charge in [0.1, 0.15) is 5.75 Å². The molecule has 0 spiro atoms. The molecule has 0 fully saturated rings. The molecule has 0 radical (unpaired) electrons. The lowest BCUT2D eigenvalue weighted by Gasteiger charge is -2.18. The summed E-state index contributed by atoms with van der Waals surface area (Å²) in [5, 5.41) is 0.631. The van der Waals surface area contributed by atoms with Crippen molar-refractivity contribution in [1.82, 2.24) is 4.90 Å². The number of carbonyl (C=O) groups is 1. The number of amides is 1. The molecule has 0 heterocycles. The second-order valence-electron chi connectivity index (χ2n) is 3.35. The standard InChI is InChI=1S/C13H14ClNO2/c1-3-9-15(4-2)13(16)10-17-12-7-5-11(14)6-8-12/h1,5-8H,4,9-10H2,2H3. The van der Waals surface area contributed by atoms with Gasteiger partial charge >= 0.3 is 0 Å². The van der Waals surface area contributed by atoms with E-state index < -0.39 is 0 Å². The number of likely N-dealkylation sites (N-methyl/N-ethyl adjacent to an activating group) is 1. The van der Waals surface area contributed by atoms with Gasteiger partial charge in [0, 0.05) is 11.6 Å². The molecule has 0 unspecified atom stereocenters. The van der Waals surface area contributed by atoms with Crippen molar-refractivity contribution in [2.24, 2.45) is 0 Å². The number of rotatable bonds is 5. The highest BCUT2D eigenvalue weighted by atomic mass is 35.5. The zero-order chi connectivity index (χ0) is 12.7. The van der Waals surface area contributed by atoms with Crippen LogP contribution in [0.25, 0.3) is 0 Å². The van der Waals surface area contributed by atoms with E-state index in [1.54, 1.807) is 29.2 Å². The predicted octanol–water partition coefficient (Wildman–Crippen LogP) is 2.20. The lowest BCUT2D eigenvalue weighted by Crippen LogP contribution is -2.35. The maximum Gasteiger partial charge on any atom is 0.261 e. The third kappa shape index (κ3) is 4.38. The summed E-state index contributed by atoms with van der Waals surface area (Å²) in [4.78, 5) is 13.2. The Kier molecular flexibility index (Phi) is 5.38. The smallest absolute Gasteiger partial charge is 0.261 e. The molecule has 1 aromatic rings. The lowest BCUT2D eigenvalue weighted by molar-refractivity contribution is -0.132. The highest BCUT2D eigenvalue weighted by Crippen LogP contribution is 2.15. The summed E-state index contributed by atoms with van der Waals surface area (Å²) in [5.74, 6) is 2.92. The Morgan fingerprint density at radius 3 is 2.65 bits per heavy atom. The first kappa shape index (κ1) is 13.4. The summed E-state index contributed by atoms with van der Waals surface area (Å²) in [6.45, 7) is 2.74. The second-order valence-corrected chi connectivity index (χ2v) is 3.79. The van der Waals surface area contributed by atoms with Crippen LogP contribution in [-0.4, -0.2) is 30.5 Å². The Bertz CT molecular complexity index is 408. The molecule has 1 aromatic carbocycles. The van der Waals surface area contributed by atoms with Crippen molar-refractivity contribution in [3.8, 4) is 18.1 Å². The van der Waals surface area contributed by atoms with E-state index in [1.165, 1.54) is 0 Å². The molecule has 0 aromatic heterocycles. The van der Waals surface area contributed by atoms with E-state index in [2.05, 4.69) is 5.92 Å². The fraction of sp³-hybridized carbons (Fsp3) is 0.308. The van der Waals surface area contributed by atoms with Crippen LogP contribution in [0.3, 0.4) is 0 Å². The summed E-state index contributed by atoms with van der Waals surface area (Å²) in [5.41, 5.74) is 0. The molecule has 0 aliphatic rings. The SMILES string of the molecule is C#CCN(CC)C(=O)COc1ccc(Cl)cc1. The Balaban J connectivity index is 2.47. The van der Waals surface area contributed by atoms with E-state index >= 15 is 0 Å². The molecule has 0 bridgehead atoms. The van der Waals surface area contributed by atoms with Crippen LogP contribution in [0.4, 0.5) is 0 Å². The number of halogens is 1. The number of carbonyl (C=O) groups excluding carboxylic acids is 1. The lowest BCUT2D eigenvalue weighted by atomic mass is 10.3. The van der Waals surface area contributed by atoms with E-state index in [9.17, 15) is 4.79 Å². The normalized spacial score (nSPS) is 9.47. The molecule has 0 aliphatic heterocycles. The largest absolute Gasteiger partial charge is 0.484 e. The van der Waals surface area contributed by atoms with Crippen LogP contribution in [0, 0.1) is 12.3 Å². The molecular weight excluding hydrogens is 238 g/mol. The summed E-state index contributed by atoms with van der Waals surface area (Å²) in [6.07, 6.45) is 5.17. The van der Waals surface area contributed by atoms with Gasteiger partial charge in [-0.25, -0.2) is 0 Å². The molecule has 1 rings (SSSR count). The molecule has 3 nitrogen and oxygen atoms in total. The number of hydrogen-bond acceptors (Lipinski definition) is 2. The fourth-order valence-corrected chi connectivity index (χ4v) is 1.38. The molecule has 0 aliphatic carbocycles. The first-order valence-electron chi connectivity index (χ1n) is 5.27. The first-order chi connectivity index (χ1) is 8.17. The monoisotopic (exact) mass is 251 g/mol. The molecule has 0 atom stereocenters.